The van der Waals surface area contributed by atoms with E-state index in [0.717, 1.165) is 23.6 Å². The molecule has 4 fully saturated rings. The van der Waals surface area contributed by atoms with Gasteiger partial charge in [-0.05, 0) is 85.6 Å². The van der Waals surface area contributed by atoms with E-state index in [2.05, 4.69) is 0 Å². The van der Waals surface area contributed by atoms with Crippen LogP contribution in [0.15, 0.2) is 65.6 Å². The summed E-state index contributed by atoms with van der Waals surface area (Å²) < 4.78 is 35.9. The number of hydrogen-bond donors (Lipinski definition) is 1. The Morgan fingerprint density at radius 1 is 0.844 bits per heavy atom. The first-order valence-corrected chi connectivity index (χ1v) is 13.0. The number of benzene rings is 3. The summed E-state index contributed by atoms with van der Waals surface area (Å²) >= 11 is 0. The summed E-state index contributed by atoms with van der Waals surface area (Å²) in [7, 11) is -3.62. The van der Waals surface area contributed by atoms with Gasteiger partial charge in [-0.3, -0.25) is 0 Å². The first-order valence-electron chi connectivity index (χ1n) is 11.5. The Bertz CT molecular complexity index is 1260. The van der Waals surface area contributed by atoms with Gasteiger partial charge >= 0.3 is 0 Å². The van der Waals surface area contributed by atoms with Crippen molar-refractivity contribution < 1.29 is 13.2 Å². The van der Waals surface area contributed by atoms with Crippen molar-refractivity contribution in [3.05, 3.63) is 60.7 Å². The summed E-state index contributed by atoms with van der Waals surface area (Å²) in [5.74, 6) is 3.06. The quantitative estimate of drug-likeness (QED) is 0.542. The van der Waals surface area contributed by atoms with E-state index in [0.29, 0.717) is 46.4 Å². The molecule has 3 aromatic carbocycles. The lowest BCUT2D eigenvalue weighted by molar-refractivity contribution is 0.148. The van der Waals surface area contributed by atoms with Crippen molar-refractivity contribution >= 4 is 26.5 Å². The molecule has 32 heavy (non-hydrogen) atoms. The molecule has 2 unspecified atom stereocenters. The van der Waals surface area contributed by atoms with Crippen molar-refractivity contribution in [2.45, 2.75) is 43.0 Å². The fourth-order valence-electron chi connectivity index (χ4n) is 6.32. The number of sulfonamides is 1. The summed E-state index contributed by atoms with van der Waals surface area (Å²) in [5, 5.41) is 1.75. The van der Waals surface area contributed by atoms with Gasteiger partial charge in [0, 0.05) is 29.7 Å². The van der Waals surface area contributed by atoms with Gasteiger partial charge < -0.3 is 10.5 Å². The zero-order chi connectivity index (χ0) is 21.9. The van der Waals surface area contributed by atoms with E-state index in [-0.39, 0.29) is 6.04 Å². The number of ether oxygens (including phenoxy) is 1. The Balaban J connectivity index is 1.42. The van der Waals surface area contributed by atoms with E-state index in [1.807, 2.05) is 28.6 Å². The number of rotatable bonds is 4. The summed E-state index contributed by atoms with van der Waals surface area (Å²) in [6.07, 6.45) is 5.67. The van der Waals surface area contributed by atoms with E-state index in [4.69, 9.17) is 10.5 Å². The second kappa shape index (κ2) is 7.49. The molecular formula is C26H28N2O3S. The molecule has 2 aliphatic heterocycles. The summed E-state index contributed by atoms with van der Waals surface area (Å²) in [6.45, 7) is 0.654. The van der Waals surface area contributed by atoms with Gasteiger partial charge in [0.25, 0.3) is 0 Å². The molecule has 6 heteroatoms. The molecule has 0 amide bonds. The van der Waals surface area contributed by atoms with Crippen molar-refractivity contribution in [3.63, 3.8) is 0 Å². The average Bonchev–Trinajstić information content (AvgIpc) is 2.98. The van der Waals surface area contributed by atoms with E-state index < -0.39 is 10.0 Å². The molecule has 2 atom stereocenters. The molecule has 7 rings (SSSR count). The molecule has 2 saturated heterocycles. The second-order valence-electron chi connectivity index (χ2n) is 9.82. The van der Waals surface area contributed by atoms with Crippen LogP contribution in [0.3, 0.4) is 0 Å². The molecule has 166 valence electrons. The number of anilines is 1. The highest BCUT2D eigenvalue weighted by molar-refractivity contribution is 7.89. The lowest BCUT2D eigenvalue weighted by atomic mass is 9.68. The van der Waals surface area contributed by atoms with Gasteiger partial charge in [-0.1, -0.05) is 24.3 Å². The van der Waals surface area contributed by atoms with Crippen LogP contribution in [0.5, 0.6) is 11.5 Å². The van der Waals surface area contributed by atoms with Crippen LogP contribution in [0.1, 0.15) is 32.1 Å². The molecule has 0 aromatic heterocycles. The van der Waals surface area contributed by atoms with Crippen molar-refractivity contribution in [2.24, 2.45) is 17.8 Å². The fourth-order valence-corrected chi connectivity index (χ4v) is 8.09. The largest absolute Gasteiger partial charge is 0.457 e. The van der Waals surface area contributed by atoms with Crippen LogP contribution in [0.2, 0.25) is 0 Å². The fraction of sp³-hybridized carbons (Fsp3) is 0.385. The minimum Gasteiger partial charge on any atom is -0.457 e. The molecular weight excluding hydrogens is 420 g/mol. The molecule has 2 aliphatic carbocycles. The Kier molecular flexibility index (Phi) is 4.70. The molecule has 3 aromatic rings. The summed E-state index contributed by atoms with van der Waals surface area (Å²) in [5.41, 5.74) is 6.46. The van der Waals surface area contributed by atoms with Gasteiger partial charge in [0.2, 0.25) is 10.0 Å². The summed E-state index contributed by atoms with van der Waals surface area (Å²) in [4.78, 5) is 0.322. The third-order valence-electron chi connectivity index (χ3n) is 7.57. The minimum atomic E-state index is -3.62. The van der Waals surface area contributed by atoms with Crippen LogP contribution in [0.25, 0.3) is 10.8 Å². The van der Waals surface area contributed by atoms with Crippen LogP contribution in [0.4, 0.5) is 5.69 Å². The highest BCUT2D eigenvalue weighted by Gasteiger charge is 2.46. The molecule has 0 radical (unpaired) electrons. The van der Waals surface area contributed by atoms with Crippen LogP contribution in [0, 0.1) is 17.8 Å². The van der Waals surface area contributed by atoms with Crippen molar-refractivity contribution in [3.8, 4) is 11.5 Å². The van der Waals surface area contributed by atoms with Gasteiger partial charge in [0.1, 0.15) is 11.5 Å². The lowest BCUT2D eigenvalue weighted by Gasteiger charge is -2.38. The predicted octanol–water partition coefficient (Wildman–Crippen LogP) is 5.41. The Morgan fingerprint density at radius 3 is 2.28 bits per heavy atom. The maximum absolute atomic E-state index is 14.0. The number of nitrogens with two attached hydrogens (primary N) is 1. The molecule has 2 N–H and O–H groups in total. The molecule has 5 nitrogen and oxygen atoms in total. The van der Waals surface area contributed by atoms with E-state index in [9.17, 15) is 8.42 Å². The number of fused-ring (bicyclic) bond motifs is 2. The molecule has 2 saturated carbocycles. The zero-order valence-electron chi connectivity index (χ0n) is 18.0. The Labute approximate surface area is 189 Å². The van der Waals surface area contributed by atoms with Gasteiger partial charge in [-0.2, -0.15) is 4.31 Å². The van der Waals surface area contributed by atoms with Gasteiger partial charge in [-0.15, -0.1) is 0 Å². The lowest BCUT2D eigenvalue weighted by Crippen LogP contribution is -2.42. The highest BCUT2D eigenvalue weighted by Crippen LogP contribution is 2.49. The molecule has 0 spiro atoms. The van der Waals surface area contributed by atoms with Gasteiger partial charge in [0.05, 0.1) is 4.90 Å². The Morgan fingerprint density at radius 2 is 1.53 bits per heavy atom. The van der Waals surface area contributed by atoms with E-state index in [1.54, 1.807) is 36.4 Å². The third-order valence-corrected chi connectivity index (χ3v) is 9.46. The van der Waals surface area contributed by atoms with Crippen LogP contribution >= 0.6 is 0 Å². The van der Waals surface area contributed by atoms with Crippen molar-refractivity contribution in [2.75, 3.05) is 12.3 Å². The summed E-state index contributed by atoms with van der Waals surface area (Å²) in [6, 6.07) is 18.6. The Hall–Kier alpha value is -2.57. The van der Waals surface area contributed by atoms with Crippen LogP contribution in [-0.2, 0) is 10.0 Å². The molecule has 4 aliphatic rings. The first kappa shape index (κ1) is 20.1. The normalized spacial score (nSPS) is 27.5. The molecule has 4 bridgehead atoms. The molecule has 2 heterocycles. The monoisotopic (exact) mass is 448 g/mol. The maximum Gasteiger partial charge on any atom is 0.243 e. The zero-order valence-corrected chi connectivity index (χ0v) is 18.8. The maximum atomic E-state index is 14.0. The van der Waals surface area contributed by atoms with Gasteiger partial charge in [0.15, 0.2) is 0 Å². The average molecular weight is 449 g/mol. The van der Waals surface area contributed by atoms with Crippen LogP contribution < -0.4 is 10.5 Å². The SMILES string of the molecule is Nc1ccc(Oc2cc(S(=O)(=O)N3CC4CC5CC(C4)CC3C5)cc3ccccc23)cc1. The second-order valence-corrected chi connectivity index (χ2v) is 11.7. The topological polar surface area (TPSA) is 72.6 Å². The van der Waals surface area contributed by atoms with Crippen molar-refractivity contribution in [1.82, 2.24) is 4.31 Å². The third kappa shape index (κ3) is 3.46. The smallest absolute Gasteiger partial charge is 0.243 e. The van der Waals surface area contributed by atoms with E-state index >= 15 is 0 Å². The highest BCUT2D eigenvalue weighted by atomic mass is 32.2. The first-order chi connectivity index (χ1) is 15.5. The predicted molar refractivity (Wildman–Crippen MR) is 126 cm³/mol. The minimum absolute atomic E-state index is 0.129. The van der Waals surface area contributed by atoms with Gasteiger partial charge in [-0.25, -0.2) is 8.42 Å². The number of nitrogens with zero attached hydrogens (tertiary/aromatic N) is 1. The van der Waals surface area contributed by atoms with E-state index in [1.165, 1.54) is 19.3 Å². The van der Waals surface area contributed by atoms with Crippen molar-refractivity contribution in [1.29, 1.82) is 0 Å². The number of hydrogen-bond acceptors (Lipinski definition) is 4. The number of nitrogen functional groups attached to an aromatic ring is 1. The standard InChI is InChI=1S/C26H28N2O3S/c27-21-5-7-23(8-6-21)31-26-15-24(14-20-3-1-2-4-25(20)26)32(29,30)28-16-19-10-17-9-18(11-19)13-22(28)12-17/h1-8,14-15,17-19,22H,9-13,16,27H2. The van der Waals surface area contributed by atoms with Crippen LogP contribution in [-0.4, -0.2) is 25.3 Å².